The topological polar surface area (TPSA) is 109 Å². The summed E-state index contributed by atoms with van der Waals surface area (Å²) in [6.07, 6.45) is 4.17. The van der Waals surface area contributed by atoms with Gasteiger partial charge in [0.05, 0.1) is 6.54 Å². The second kappa shape index (κ2) is 5.89. The van der Waals surface area contributed by atoms with Gasteiger partial charge in [-0.3, -0.25) is 0 Å². The van der Waals surface area contributed by atoms with Crippen LogP contribution >= 0.6 is 0 Å². The first-order valence-corrected chi connectivity index (χ1v) is 6.73. The lowest BCUT2D eigenvalue weighted by atomic mass is 9.98. The highest BCUT2D eigenvalue weighted by molar-refractivity contribution is 5.86. The average Bonchev–Trinajstić information content (AvgIpc) is 3.05. The first-order valence-electron chi connectivity index (χ1n) is 6.73. The van der Waals surface area contributed by atoms with E-state index in [2.05, 4.69) is 20.8 Å². The summed E-state index contributed by atoms with van der Waals surface area (Å²) in [6.45, 7) is 2.88. The van der Waals surface area contributed by atoms with Crippen LogP contribution in [-0.4, -0.2) is 37.4 Å². The van der Waals surface area contributed by atoms with Crippen LogP contribution in [-0.2, 0) is 17.9 Å². The minimum atomic E-state index is -1.12. The Morgan fingerprint density at radius 2 is 2.15 bits per heavy atom. The number of carbonyl (C=O) groups is 2. The number of carboxylic acids is 1. The van der Waals surface area contributed by atoms with Gasteiger partial charge in [0.25, 0.3) is 0 Å². The summed E-state index contributed by atoms with van der Waals surface area (Å²) in [6, 6.07) is -0.486. The van der Waals surface area contributed by atoms with Gasteiger partial charge in [-0.05, 0) is 19.8 Å². The van der Waals surface area contributed by atoms with E-state index in [4.69, 9.17) is 0 Å². The van der Waals surface area contributed by atoms with Gasteiger partial charge < -0.3 is 20.3 Å². The third-order valence-corrected chi connectivity index (χ3v) is 3.66. The Morgan fingerprint density at radius 1 is 1.45 bits per heavy atom. The van der Waals surface area contributed by atoms with Gasteiger partial charge in [-0.25, -0.2) is 9.59 Å². The molecule has 0 aromatic carbocycles. The van der Waals surface area contributed by atoms with Crippen LogP contribution in [0.3, 0.4) is 0 Å². The van der Waals surface area contributed by atoms with Crippen LogP contribution in [0.15, 0.2) is 6.33 Å². The molecule has 2 rings (SSSR count). The number of aryl methyl sites for hydroxylation is 1. The fraction of sp³-hybridized carbons (Fsp3) is 0.667. The van der Waals surface area contributed by atoms with E-state index in [9.17, 15) is 14.7 Å². The van der Waals surface area contributed by atoms with E-state index in [1.165, 1.54) is 0 Å². The van der Waals surface area contributed by atoms with Gasteiger partial charge in [-0.1, -0.05) is 12.8 Å². The smallest absolute Gasteiger partial charge is 0.329 e. The summed E-state index contributed by atoms with van der Waals surface area (Å²) in [7, 11) is 0. The number of urea groups is 1. The lowest BCUT2D eigenvalue weighted by Crippen LogP contribution is -2.55. The van der Waals surface area contributed by atoms with E-state index in [0.29, 0.717) is 25.2 Å². The molecule has 0 unspecified atom stereocenters. The maximum atomic E-state index is 11.9. The molecule has 8 heteroatoms. The fourth-order valence-corrected chi connectivity index (χ4v) is 2.47. The van der Waals surface area contributed by atoms with Crippen molar-refractivity contribution >= 4 is 12.0 Å². The first-order chi connectivity index (χ1) is 9.57. The highest BCUT2D eigenvalue weighted by atomic mass is 16.4. The van der Waals surface area contributed by atoms with Crippen molar-refractivity contribution < 1.29 is 14.7 Å². The van der Waals surface area contributed by atoms with Crippen molar-refractivity contribution in [1.82, 2.24) is 25.4 Å². The molecular weight excluding hydrogens is 262 g/mol. The predicted octanol–water partition coefficient (Wildman–Crippen LogP) is 0.495. The molecule has 2 amide bonds. The standard InChI is InChI=1S/C12H19N5O3/c1-2-17-8-14-16-9(17)7-13-11(20)15-12(10(18)19)5-3-4-6-12/h8H,2-7H2,1H3,(H,18,19)(H2,13,15,20). The number of rotatable bonds is 5. The first kappa shape index (κ1) is 14.3. The van der Waals surface area contributed by atoms with Gasteiger partial charge in [0.1, 0.15) is 11.9 Å². The molecule has 8 nitrogen and oxygen atoms in total. The fourth-order valence-electron chi connectivity index (χ4n) is 2.47. The molecule has 1 heterocycles. The van der Waals surface area contributed by atoms with Crippen LogP contribution in [0.5, 0.6) is 0 Å². The predicted molar refractivity (Wildman–Crippen MR) is 69.9 cm³/mol. The lowest BCUT2D eigenvalue weighted by molar-refractivity contribution is -0.144. The van der Waals surface area contributed by atoms with E-state index >= 15 is 0 Å². The summed E-state index contributed by atoms with van der Waals surface area (Å²) in [5.74, 6) is -0.333. The molecule has 0 saturated heterocycles. The zero-order valence-electron chi connectivity index (χ0n) is 11.4. The van der Waals surface area contributed by atoms with Gasteiger partial charge in [-0.15, -0.1) is 10.2 Å². The molecule has 20 heavy (non-hydrogen) atoms. The summed E-state index contributed by atoms with van der Waals surface area (Å²) >= 11 is 0. The van der Waals surface area contributed by atoms with Crippen molar-refractivity contribution in [3.63, 3.8) is 0 Å². The number of aromatic nitrogens is 3. The van der Waals surface area contributed by atoms with Gasteiger partial charge in [0.2, 0.25) is 0 Å². The second-order valence-corrected chi connectivity index (χ2v) is 4.94. The van der Waals surface area contributed by atoms with Crippen LogP contribution < -0.4 is 10.6 Å². The number of nitrogens with one attached hydrogen (secondary N) is 2. The molecule has 3 N–H and O–H groups in total. The number of nitrogens with zero attached hydrogens (tertiary/aromatic N) is 3. The molecular formula is C12H19N5O3. The molecule has 0 radical (unpaired) electrons. The molecule has 1 fully saturated rings. The summed E-state index contributed by atoms with van der Waals surface area (Å²) < 4.78 is 1.81. The van der Waals surface area contributed by atoms with Crippen LogP contribution in [0.2, 0.25) is 0 Å². The number of hydrogen-bond acceptors (Lipinski definition) is 4. The molecule has 1 aliphatic rings. The Bertz CT molecular complexity index is 493. The van der Waals surface area contributed by atoms with Crippen molar-refractivity contribution in [3.8, 4) is 0 Å². The second-order valence-electron chi connectivity index (χ2n) is 4.94. The molecule has 110 valence electrons. The Hall–Kier alpha value is -2.12. The van der Waals surface area contributed by atoms with Crippen LogP contribution in [0.1, 0.15) is 38.4 Å². The molecule has 1 aromatic heterocycles. The van der Waals surface area contributed by atoms with E-state index in [0.717, 1.165) is 12.8 Å². The van der Waals surface area contributed by atoms with Crippen molar-refractivity contribution in [2.24, 2.45) is 0 Å². The van der Waals surface area contributed by atoms with Gasteiger partial charge in [-0.2, -0.15) is 0 Å². The monoisotopic (exact) mass is 281 g/mol. The lowest BCUT2D eigenvalue weighted by Gasteiger charge is -2.25. The van der Waals surface area contributed by atoms with E-state index in [1.54, 1.807) is 6.33 Å². The third-order valence-electron chi connectivity index (χ3n) is 3.66. The maximum Gasteiger partial charge on any atom is 0.329 e. The number of amides is 2. The molecule has 0 bridgehead atoms. The summed E-state index contributed by atoms with van der Waals surface area (Å²) in [5.41, 5.74) is -1.12. The zero-order chi connectivity index (χ0) is 14.6. The SMILES string of the molecule is CCn1cnnc1CNC(=O)NC1(C(=O)O)CCCC1. The van der Waals surface area contributed by atoms with Crippen molar-refractivity contribution in [3.05, 3.63) is 12.2 Å². The summed E-state index contributed by atoms with van der Waals surface area (Å²) in [4.78, 5) is 23.2. The molecule has 0 aliphatic heterocycles. The number of carbonyl (C=O) groups excluding carboxylic acids is 1. The summed E-state index contributed by atoms with van der Waals surface area (Å²) in [5, 5.41) is 22.2. The van der Waals surface area contributed by atoms with Crippen LogP contribution in [0.4, 0.5) is 4.79 Å². The molecule has 1 aromatic rings. The van der Waals surface area contributed by atoms with E-state index < -0.39 is 17.5 Å². The van der Waals surface area contributed by atoms with Crippen molar-refractivity contribution in [2.75, 3.05) is 0 Å². The molecule has 1 aliphatic carbocycles. The molecule has 1 saturated carbocycles. The number of aliphatic carboxylic acids is 1. The largest absolute Gasteiger partial charge is 0.480 e. The Balaban J connectivity index is 1.91. The highest BCUT2D eigenvalue weighted by Crippen LogP contribution is 2.29. The van der Waals surface area contributed by atoms with Crippen LogP contribution in [0.25, 0.3) is 0 Å². The zero-order valence-corrected chi connectivity index (χ0v) is 11.4. The maximum absolute atomic E-state index is 11.9. The minimum absolute atomic E-state index is 0.218. The van der Waals surface area contributed by atoms with E-state index in [-0.39, 0.29) is 6.54 Å². The van der Waals surface area contributed by atoms with Gasteiger partial charge in [0.15, 0.2) is 5.82 Å². The van der Waals surface area contributed by atoms with Crippen molar-refractivity contribution in [1.29, 1.82) is 0 Å². The van der Waals surface area contributed by atoms with Crippen molar-refractivity contribution in [2.45, 2.75) is 51.2 Å². The molecule has 0 atom stereocenters. The van der Waals surface area contributed by atoms with Gasteiger partial charge in [0, 0.05) is 6.54 Å². The Morgan fingerprint density at radius 3 is 2.75 bits per heavy atom. The average molecular weight is 281 g/mol. The normalized spacial score (nSPS) is 16.9. The van der Waals surface area contributed by atoms with Gasteiger partial charge >= 0.3 is 12.0 Å². The highest BCUT2D eigenvalue weighted by Gasteiger charge is 2.42. The quantitative estimate of drug-likeness (QED) is 0.728. The van der Waals surface area contributed by atoms with Crippen LogP contribution in [0, 0.1) is 0 Å². The number of hydrogen-bond donors (Lipinski definition) is 3. The van der Waals surface area contributed by atoms with E-state index in [1.807, 2.05) is 11.5 Å². The Kier molecular flexibility index (Phi) is 4.21. The third kappa shape index (κ3) is 2.89. The molecule has 0 spiro atoms. The minimum Gasteiger partial charge on any atom is -0.480 e. The Labute approximate surface area is 116 Å². The number of carboxylic acid groups (broad SMARTS) is 1.